The largest absolute Gasteiger partial charge is 0.325 e. The zero-order valence-corrected chi connectivity index (χ0v) is 11.3. The maximum absolute atomic E-state index is 11.8. The van der Waals surface area contributed by atoms with Crippen molar-refractivity contribution in [3.05, 3.63) is 29.8 Å². The highest BCUT2D eigenvalue weighted by molar-refractivity contribution is 5.92. The molecule has 1 fully saturated rings. The molecule has 1 aliphatic rings. The van der Waals surface area contributed by atoms with E-state index < -0.39 is 0 Å². The number of carbonyl (C=O) groups is 1. The molecule has 1 heterocycles. The average Bonchev–Trinajstić information content (AvgIpc) is 2.82. The minimum atomic E-state index is 0.0918. The van der Waals surface area contributed by atoms with Crippen molar-refractivity contribution in [2.75, 3.05) is 25.0 Å². The van der Waals surface area contributed by atoms with Crippen LogP contribution in [0, 0.1) is 0 Å². The molecule has 1 saturated heterocycles. The molecule has 0 aromatic heterocycles. The molecule has 0 unspecified atom stereocenters. The fourth-order valence-electron chi connectivity index (χ4n) is 2.30. The quantitative estimate of drug-likeness (QED) is 0.886. The molecule has 0 bridgehead atoms. The van der Waals surface area contributed by atoms with Gasteiger partial charge in [0.1, 0.15) is 0 Å². The predicted octanol–water partition coefficient (Wildman–Crippen LogP) is 2.84. The van der Waals surface area contributed by atoms with Gasteiger partial charge in [0.15, 0.2) is 0 Å². The summed E-state index contributed by atoms with van der Waals surface area (Å²) < 4.78 is 0. The van der Waals surface area contributed by atoms with Crippen molar-refractivity contribution in [2.45, 2.75) is 32.6 Å². The first-order valence-electron chi connectivity index (χ1n) is 6.77. The number of rotatable bonds is 4. The van der Waals surface area contributed by atoms with E-state index >= 15 is 0 Å². The fourth-order valence-corrected chi connectivity index (χ4v) is 2.30. The summed E-state index contributed by atoms with van der Waals surface area (Å²) in [7, 11) is 0. The summed E-state index contributed by atoms with van der Waals surface area (Å²) in [4.78, 5) is 14.0. The van der Waals surface area contributed by atoms with Crippen LogP contribution in [0.15, 0.2) is 24.3 Å². The highest BCUT2D eigenvalue weighted by Crippen LogP contribution is 2.17. The Morgan fingerprint density at radius 1 is 1.22 bits per heavy atom. The minimum Gasteiger partial charge on any atom is -0.325 e. The standard InChI is InChI=1S/C15H22N2O/c1-12(2)13-5-7-14(8-6-13)16-15(18)11-17-9-3-4-10-17/h5-8,12H,3-4,9-11H2,1-2H3,(H,16,18). The molecule has 0 spiro atoms. The van der Waals surface area contributed by atoms with Gasteiger partial charge in [0.25, 0.3) is 0 Å². The minimum absolute atomic E-state index is 0.0918. The van der Waals surface area contributed by atoms with E-state index in [4.69, 9.17) is 0 Å². The molecule has 0 atom stereocenters. The summed E-state index contributed by atoms with van der Waals surface area (Å²) in [5, 5.41) is 2.95. The van der Waals surface area contributed by atoms with Gasteiger partial charge in [0, 0.05) is 5.69 Å². The van der Waals surface area contributed by atoms with E-state index in [0.717, 1.165) is 18.8 Å². The monoisotopic (exact) mass is 246 g/mol. The van der Waals surface area contributed by atoms with Gasteiger partial charge < -0.3 is 5.32 Å². The third kappa shape index (κ3) is 3.57. The summed E-state index contributed by atoms with van der Waals surface area (Å²) in [6, 6.07) is 8.13. The van der Waals surface area contributed by atoms with E-state index in [0.29, 0.717) is 12.5 Å². The smallest absolute Gasteiger partial charge is 0.238 e. The van der Waals surface area contributed by atoms with Crippen LogP contribution in [0.1, 0.15) is 38.2 Å². The van der Waals surface area contributed by atoms with Crippen LogP contribution in [0.3, 0.4) is 0 Å². The second-order valence-electron chi connectivity index (χ2n) is 5.31. The van der Waals surface area contributed by atoms with E-state index in [9.17, 15) is 4.79 Å². The molecular formula is C15H22N2O. The van der Waals surface area contributed by atoms with Crippen LogP contribution in [0.25, 0.3) is 0 Å². The van der Waals surface area contributed by atoms with Crippen LogP contribution in [0.4, 0.5) is 5.69 Å². The van der Waals surface area contributed by atoms with E-state index in [1.54, 1.807) is 0 Å². The zero-order valence-electron chi connectivity index (χ0n) is 11.3. The van der Waals surface area contributed by atoms with Gasteiger partial charge in [-0.3, -0.25) is 9.69 Å². The number of hydrogen-bond acceptors (Lipinski definition) is 2. The van der Waals surface area contributed by atoms with Crippen LogP contribution in [0.2, 0.25) is 0 Å². The Bertz CT molecular complexity index is 391. The summed E-state index contributed by atoms with van der Waals surface area (Å²) in [5.74, 6) is 0.619. The maximum atomic E-state index is 11.8. The van der Waals surface area contributed by atoms with E-state index in [1.165, 1.54) is 18.4 Å². The molecule has 1 aromatic carbocycles. The lowest BCUT2D eigenvalue weighted by Gasteiger charge is -2.14. The Morgan fingerprint density at radius 2 is 1.83 bits per heavy atom. The highest BCUT2D eigenvalue weighted by atomic mass is 16.2. The van der Waals surface area contributed by atoms with Crippen LogP contribution in [0.5, 0.6) is 0 Å². The molecule has 0 radical (unpaired) electrons. The van der Waals surface area contributed by atoms with E-state index in [1.807, 2.05) is 12.1 Å². The van der Waals surface area contributed by atoms with Crippen LogP contribution in [-0.2, 0) is 4.79 Å². The first kappa shape index (κ1) is 13.1. The molecule has 18 heavy (non-hydrogen) atoms. The molecule has 3 heteroatoms. The van der Waals surface area contributed by atoms with Gasteiger partial charge in [-0.05, 0) is 49.5 Å². The van der Waals surface area contributed by atoms with Crippen LogP contribution < -0.4 is 5.32 Å². The molecule has 0 saturated carbocycles. The van der Waals surface area contributed by atoms with Crippen molar-refractivity contribution in [3.8, 4) is 0 Å². The molecule has 0 aliphatic carbocycles. The van der Waals surface area contributed by atoms with Gasteiger partial charge >= 0.3 is 0 Å². The molecule has 2 rings (SSSR count). The summed E-state index contributed by atoms with van der Waals surface area (Å²) in [5.41, 5.74) is 2.19. The lowest BCUT2D eigenvalue weighted by atomic mass is 10.0. The first-order valence-corrected chi connectivity index (χ1v) is 6.77. The van der Waals surface area contributed by atoms with Gasteiger partial charge in [-0.15, -0.1) is 0 Å². The topological polar surface area (TPSA) is 32.3 Å². The number of nitrogens with one attached hydrogen (secondary N) is 1. The van der Waals surface area contributed by atoms with Gasteiger partial charge in [0.05, 0.1) is 6.54 Å². The Hall–Kier alpha value is -1.35. The Balaban J connectivity index is 1.86. The van der Waals surface area contributed by atoms with Crippen LogP contribution >= 0.6 is 0 Å². The second kappa shape index (κ2) is 6.01. The first-order chi connectivity index (χ1) is 8.65. The Labute approximate surface area is 109 Å². The number of amides is 1. The Morgan fingerprint density at radius 3 is 2.39 bits per heavy atom. The van der Waals surface area contributed by atoms with Crippen molar-refractivity contribution >= 4 is 11.6 Å². The van der Waals surface area contributed by atoms with Crippen molar-refractivity contribution in [1.29, 1.82) is 0 Å². The maximum Gasteiger partial charge on any atom is 0.238 e. The summed E-state index contributed by atoms with van der Waals surface area (Å²) in [6.45, 7) is 6.97. The molecular weight excluding hydrogens is 224 g/mol. The second-order valence-corrected chi connectivity index (χ2v) is 5.31. The Kier molecular flexibility index (Phi) is 4.37. The SMILES string of the molecule is CC(C)c1ccc(NC(=O)CN2CCCC2)cc1. The zero-order chi connectivity index (χ0) is 13.0. The van der Waals surface area contributed by atoms with Gasteiger partial charge in [-0.2, -0.15) is 0 Å². The number of anilines is 1. The van der Waals surface area contributed by atoms with Crippen molar-refractivity contribution in [1.82, 2.24) is 4.90 Å². The number of carbonyl (C=O) groups excluding carboxylic acids is 1. The number of hydrogen-bond donors (Lipinski definition) is 1. The van der Waals surface area contributed by atoms with Crippen molar-refractivity contribution in [2.24, 2.45) is 0 Å². The lowest BCUT2D eigenvalue weighted by molar-refractivity contribution is -0.117. The van der Waals surface area contributed by atoms with E-state index in [-0.39, 0.29) is 5.91 Å². The van der Waals surface area contributed by atoms with Gasteiger partial charge in [-0.1, -0.05) is 26.0 Å². The number of likely N-dealkylation sites (tertiary alicyclic amines) is 1. The van der Waals surface area contributed by atoms with Crippen LogP contribution in [-0.4, -0.2) is 30.4 Å². The molecule has 1 N–H and O–H groups in total. The molecule has 3 nitrogen and oxygen atoms in total. The van der Waals surface area contributed by atoms with Crippen molar-refractivity contribution < 1.29 is 4.79 Å². The van der Waals surface area contributed by atoms with Gasteiger partial charge in [0.2, 0.25) is 5.91 Å². The molecule has 1 aromatic rings. The number of nitrogens with zero attached hydrogens (tertiary/aromatic N) is 1. The van der Waals surface area contributed by atoms with Crippen molar-refractivity contribution in [3.63, 3.8) is 0 Å². The third-order valence-electron chi connectivity index (χ3n) is 3.43. The van der Waals surface area contributed by atoms with E-state index in [2.05, 4.69) is 36.2 Å². The third-order valence-corrected chi connectivity index (χ3v) is 3.43. The summed E-state index contributed by atoms with van der Waals surface area (Å²) >= 11 is 0. The summed E-state index contributed by atoms with van der Waals surface area (Å²) in [6.07, 6.45) is 2.44. The highest BCUT2D eigenvalue weighted by Gasteiger charge is 2.14. The average molecular weight is 246 g/mol. The van der Waals surface area contributed by atoms with Gasteiger partial charge in [-0.25, -0.2) is 0 Å². The lowest BCUT2D eigenvalue weighted by Crippen LogP contribution is -2.30. The predicted molar refractivity (Wildman–Crippen MR) is 74.8 cm³/mol. The molecule has 1 amide bonds. The molecule has 1 aliphatic heterocycles. The molecule has 98 valence electrons. The normalized spacial score (nSPS) is 16.2. The number of benzene rings is 1. The fraction of sp³-hybridized carbons (Fsp3) is 0.533.